The molecule has 2 nitrogen and oxygen atoms in total. The first kappa shape index (κ1) is 16.0. The third kappa shape index (κ3) is 6.62. The van der Waals surface area contributed by atoms with Crippen LogP contribution in [0.4, 0.5) is 4.39 Å². The zero-order valence-corrected chi connectivity index (χ0v) is 12.6. The van der Waals surface area contributed by atoms with Gasteiger partial charge in [0.2, 0.25) is 5.91 Å². The minimum Gasteiger partial charge on any atom is -0.355 e. The minimum absolute atomic E-state index is 0.0179. The maximum atomic E-state index is 12.7. The van der Waals surface area contributed by atoms with Gasteiger partial charge in [-0.25, -0.2) is 4.39 Å². The maximum Gasteiger partial charge on any atom is 0.232 e. The third-order valence-corrected chi connectivity index (χ3v) is 4.25. The molecule has 0 heterocycles. The van der Waals surface area contributed by atoms with E-state index in [0.717, 1.165) is 17.7 Å². The first-order valence-electron chi connectivity index (χ1n) is 6.62. The Bertz CT molecular complexity index is 392. The smallest absolute Gasteiger partial charge is 0.232 e. The van der Waals surface area contributed by atoms with Crippen LogP contribution in [0.15, 0.2) is 24.3 Å². The van der Waals surface area contributed by atoms with Gasteiger partial charge >= 0.3 is 0 Å². The molecule has 1 atom stereocenters. The summed E-state index contributed by atoms with van der Waals surface area (Å²) in [6.07, 6.45) is 0.730. The largest absolute Gasteiger partial charge is 0.355 e. The highest BCUT2D eigenvalue weighted by atomic mass is 32.2. The Morgan fingerprint density at radius 1 is 1.26 bits per heavy atom. The molecule has 1 amide bonds. The second kappa shape index (κ2) is 8.20. The summed E-state index contributed by atoms with van der Waals surface area (Å²) in [5.41, 5.74) is 1.03. The summed E-state index contributed by atoms with van der Waals surface area (Å²) in [5, 5.41) is 2.90. The lowest BCUT2D eigenvalue weighted by Crippen LogP contribution is -2.32. The Morgan fingerprint density at radius 2 is 1.89 bits per heavy atom. The van der Waals surface area contributed by atoms with Crippen molar-refractivity contribution in [1.82, 2.24) is 5.32 Å². The Hall–Kier alpha value is -1.03. The van der Waals surface area contributed by atoms with Gasteiger partial charge in [-0.2, -0.15) is 0 Å². The Balaban J connectivity index is 2.24. The van der Waals surface area contributed by atoms with E-state index < -0.39 is 0 Å². The van der Waals surface area contributed by atoms with Crippen LogP contribution in [0.5, 0.6) is 0 Å². The number of hydrogen-bond acceptors (Lipinski definition) is 2. The summed E-state index contributed by atoms with van der Waals surface area (Å²) in [5.74, 6) is 1.44. The molecule has 4 heteroatoms. The van der Waals surface area contributed by atoms with Crippen LogP contribution >= 0.6 is 11.8 Å². The number of benzene rings is 1. The molecule has 0 aliphatic rings. The van der Waals surface area contributed by atoms with Gasteiger partial charge in [-0.15, -0.1) is 11.8 Å². The van der Waals surface area contributed by atoms with Crippen molar-refractivity contribution in [2.45, 2.75) is 32.4 Å². The quantitative estimate of drug-likeness (QED) is 0.832. The summed E-state index contributed by atoms with van der Waals surface area (Å²) in [6, 6.07) is 6.38. The number of carbonyl (C=O) groups excluding carboxylic acids is 1. The number of carbonyl (C=O) groups is 1. The molecule has 1 unspecified atom stereocenters. The van der Waals surface area contributed by atoms with E-state index in [-0.39, 0.29) is 17.0 Å². The second-order valence-corrected chi connectivity index (χ2v) is 6.41. The number of rotatable bonds is 7. The molecule has 1 N–H and O–H groups in total. The zero-order valence-electron chi connectivity index (χ0n) is 11.8. The third-order valence-electron chi connectivity index (χ3n) is 2.67. The minimum atomic E-state index is -0.230. The van der Waals surface area contributed by atoms with Crippen LogP contribution in [-0.4, -0.2) is 23.5 Å². The first-order chi connectivity index (χ1) is 8.99. The van der Waals surface area contributed by atoms with Crippen LogP contribution in [0.2, 0.25) is 0 Å². The van der Waals surface area contributed by atoms with Gasteiger partial charge in [-0.3, -0.25) is 4.79 Å². The normalized spacial score (nSPS) is 12.5. The summed E-state index contributed by atoms with van der Waals surface area (Å²) in [7, 11) is 0. The first-order valence-corrected chi connectivity index (χ1v) is 7.67. The van der Waals surface area contributed by atoms with E-state index in [0.29, 0.717) is 12.5 Å². The van der Waals surface area contributed by atoms with Gasteiger partial charge in [0, 0.05) is 6.54 Å². The summed E-state index contributed by atoms with van der Waals surface area (Å²) < 4.78 is 12.7. The van der Waals surface area contributed by atoms with Gasteiger partial charge in [0.15, 0.2) is 0 Å². The molecule has 19 heavy (non-hydrogen) atoms. The van der Waals surface area contributed by atoms with Crippen molar-refractivity contribution < 1.29 is 9.18 Å². The van der Waals surface area contributed by atoms with Gasteiger partial charge in [-0.05, 0) is 42.7 Å². The highest BCUT2D eigenvalue weighted by molar-refractivity contribution is 8.00. The molecule has 0 spiro atoms. The van der Waals surface area contributed by atoms with Gasteiger partial charge in [0.05, 0.1) is 5.25 Å². The Morgan fingerprint density at radius 3 is 2.47 bits per heavy atom. The van der Waals surface area contributed by atoms with Crippen molar-refractivity contribution in [3.8, 4) is 0 Å². The van der Waals surface area contributed by atoms with E-state index in [1.54, 1.807) is 23.9 Å². The molecule has 0 bridgehead atoms. The monoisotopic (exact) mass is 283 g/mol. The topological polar surface area (TPSA) is 29.1 Å². The predicted molar refractivity (Wildman–Crippen MR) is 79.9 cm³/mol. The predicted octanol–water partition coefficient (Wildman–Crippen LogP) is 3.26. The van der Waals surface area contributed by atoms with E-state index in [1.165, 1.54) is 12.1 Å². The van der Waals surface area contributed by atoms with Crippen molar-refractivity contribution in [2.75, 3.05) is 12.3 Å². The molecule has 1 aromatic rings. The second-order valence-electron chi connectivity index (χ2n) is 5.04. The lowest BCUT2D eigenvalue weighted by molar-refractivity contribution is -0.120. The van der Waals surface area contributed by atoms with E-state index in [4.69, 9.17) is 0 Å². The Kier molecular flexibility index (Phi) is 6.92. The van der Waals surface area contributed by atoms with Crippen molar-refractivity contribution in [2.24, 2.45) is 5.92 Å². The molecule has 0 aliphatic heterocycles. The fourth-order valence-electron chi connectivity index (χ4n) is 1.54. The van der Waals surface area contributed by atoms with Crippen molar-refractivity contribution in [3.63, 3.8) is 0 Å². The zero-order chi connectivity index (χ0) is 14.3. The fourth-order valence-corrected chi connectivity index (χ4v) is 2.45. The van der Waals surface area contributed by atoms with Gasteiger partial charge in [-0.1, -0.05) is 26.0 Å². The lowest BCUT2D eigenvalue weighted by Gasteiger charge is -2.13. The van der Waals surface area contributed by atoms with Crippen molar-refractivity contribution >= 4 is 17.7 Å². The number of hydrogen-bond donors (Lipinski definition) is 1. The molecule has 106 valence electrons. The molecule has 0 fully saturated rings. The standard InChI is InChI=1S/C15H22FNOS/c1-11(2)10-19-12(3)15(18)17-9-8-13-4-6-14(16)7-5-13/h4-7,11-12H,8-10H2,1-3H3,(H,17,18). The van der Waals surface area contributed by atoms with E-state index in [1.807, 2.05) is 6.92 Å². The highest BCUT2D eigenvalue weighted by Gasteiger charge is 2.12. The summed E-state index contributed by atoms with van der Waals surface area (Å²) in [6.45, 7) is 6.82. The molecule has 1 aromatic carbocycles. The van der Waals surface area contributed by atoms with Gasteiger partial charge in [0.1, 0.15) is 5.82 Å². The average Bonchev–Trinajstić information content (AvgIpc) is 2.38. The number of nitrogens with one attached hydrogen (secondary N) is 1. The van der Waals surface area contributed by atoms with Crippen molar-refractivity contribution in [1.29, 1.82) is 0 Å². The van der Waals surface area contributed by atoms with Gasteiger partial charge in [0.25, 0.3) is 0 Å². The molecule has 0 saturated heterocycles. The van der Waals surface area contributed by atoms with Crippen LogP contribution in [0.1, 0.15) is 26.3 Å². The molecule has 0 saturated carbocycles. The van der Waals surface area contributed by atoms with Crippen LogP contribution in [0.3, 0.4) is 0 Å². The molecule has 0 aliphatic carbocycles. The lowest BCUT2D eigenvalue weighted by atomic mass is 10.1. The maximum absolute atomic E-state index is 12.7. The summed E-state index contributed by atoms with van der Waals surface area (Å²) in [4.78, 5) is 11.8. The fraction of sp³-hybridized carbons (Fsp3) is 0.533. The Labute approximate surface area is 119 Å². The van der Waals surface area contributed by atoms with Gasteiger partial charge < -0.3 is 5.32 Å². The highest BCUT2D eigenvalue weighted by Crippen LogP contribution is 2.14. The number of halogens is 1. The van der Waals surface area contributed by atoms with E-state index >= 15 is 0 Å². The van der Waals surface area contributed by atoms with E-state index in [2.05, 4.69) is 19.2 Å². The van der Waals surface area contributed by atoms with E-state index in [9.17, 15) is 9.18 Å². The van der Waals surface area contributed by atoms with Crippen LogP contribution in [-0.2, 0) is 11.2 Å². The average molecular weight is 283 g/mol. The molecular weight excluding hydrogens is 261 g/mol. The molecule has 1 rings (SSSR count). The number of amides is 1. The van der Waals surface area contributed by atoms with Crippen molar-refractivity contribution in [3.05, 3.63) is 35.6 Å². The van der Waals surface area contributed by atoms with Crippen LogP contribution < -0.4 is 5.32 Å². The number of thioether (sulfide) groups is 1. The SMILES string of the molecule is CC(C)CSC(C)C(=O)NCCc1ccc(F)cc1. The van der Waals surface area contributed by atoms with Crippen LogP contribution in [0.25, 0.3) is 0 Å². The van der Waals surface area contributed by atoms with Crippen LogP contribution in [0, 0.1) is 11.7 Å². The molecular formula is C15H22FNOS. The summed E-state index contributed by atoms with van der Waals surface area (Å²) >= 11 is 1.68. The molecule has 0 aromatic heterocycles. The molecule has 0 radical (unpaired) electrons.